The van der Waals surface area contributed by atoms with E-state index in [1.807, 2.05) is 6.92 Å². The topological polar surface area (TPSA) is 72.3 Å². The van der Waals surface area contributed by atoms with E-state index in [-0.39, 0.29) is 11.7 Å². The van der Waals surface area contributed by atoms with E-state index in [4.69, 9.17) is 11.5 Å². The second-order valence-corrected chi connectivity index (χ2v) is 2.96. The molecule has 0 saturated heterocycles. The van der Waals surface area contributed by atoms with Gasteiger partial charge in [-0.15, -0.1) is 0 Å². The van der Waals surface area contributed by atoms with Crippen LogP contribution in [0.2, 0.25) is 0 Å². The second kappa shape index (κ2) is 3.45. The Bertz CT molecular complexity index is 273. The number of phenols is 1. The first-order valence-electron chi connectivity index (χ1n) is 3.93. The third-order valence-corrected chi connectivity index (χ3v) is 1.94. The van der Waals surface area contributed by atoms with E-state index < -0.39 is 0 Å². The Labute approximate surface area is 72.0 Å². The number of nitrogen functional groups attached to an aromatic ring is 1. The molecule has 0 amide bonds. The van der Waals surface area contributed by atoms with Crippen LogP contribution in [0.15, 0.2) is 18.2 Å². The molecule has 1 aromatic rings. The van der Waals surface area contributed by atoms with Crippen LogP contribution in [0.4, 0.5) is 5.69 Å². The lowest BCUT2D eigenvalue weighted by Crippen LogP contribution is -2.09. The quantitative estimate of drug-likeness (QED) is 0.454. The zero-order chi connectivity index (χ0) is 9.14. The molecule has 0 aliphatic carbocycles. The third kappa shape index (κ3) is 1.68. The van der Waals surface area contributed by atoms with Crippen molar-refractivity contribution in [3.05, 3.63) is 23.8 Å². The molecule has 0 bridgehead atoms. The van der Waals surface area contributed by atoms with Crippen LogP contribution < -0.4 is 11.5 Å². The zero-order valence-electron chi connectivity index (χ0n) is 7.12. The van der Waals surface area contributed by atoms with Gasteiger partial charge in [0.15, 0.2) is 0 Å². The van der Waals surface area contributed by atoms with Crippen molar-refractivity contribution in [2.75, 3.05) is 12.3 Å². The van der Waals surface area contributed by atoms with Gasteiger partial charge in [0.25, 0.3) is 0 Å². The maximum atomic E-state index is 9.43. The molecule has 12 heavy (non-hydrogen) atoms. The Kier molecular flexibility index (Phi) is 2.55. The number of rotatable bonds is 2. The van der Waals surface area contributed by atoms with E-state index >= 15 is 0 Å². The van der Waals surface area contributed by atoms with Gasteiger partial charge in [0, 0.05) is 5.69 Å². The molecule has 3 heteroatoms. The number of hydrogen-bond donors (Lipinski definition) is 3. The predicted octanol–water partition coefficient (Wildman–Crippen LogP) is 1.04. The molecule has 1 atom stereocenters. The summed E-state index contributed by atoms with van der Waals surface area (Å²) in [4.78, 5) is 0. The molecule has 1 aromatic carbocycles. The van der Waals surface area contributed by atoms with Crippen molar-refractivity contribution in [1.82, 2.24) is 0 Å². The van der Waals surface area contributed by atoms with Gasteiger partial charge in [-0.25, -0.2) is 0 Å². The average Bonchev–Trinajstić information content (AvgIpc) is 2.08. The summed E-state index contributed by atoms with van der Waals surface area (Å²) in [6, 6.07) is 5.02. The fourth-order valence-corrected chi connectivity index (χ4v) is 1.09. The summed E-state index contributed by atoms with van der Waals surface area (Å²) < 4.78 is 0. The Balaban J connectivity index is 3.04. The van der Waals surface area contributed by atoms with Crippen LogP contribution in [0.5, 0.6) is 5.75 Å². The van der Waals surface area contributed by atoms with Crippen LogP contribution in [0.3, 0.4) is 0 Å². The molecule has 1 unspecified atom stereocenters. The molecule has 1 rings (SSSR count). The predicted molar refractivity (Wildman–Crippen MR) is 50.0 cm³/mol. The van der Waals surface area contributed by atoms with Crippen LogP contribution >= 0.6 is 0 Å². The molecule has 0 heterocycles. The molecule has 0 fully saturated rings. The van der Waals surface area contributed by atoms with Gasteiger partial charge in [-0.1, -0.05) is 6.92 Å². The van der Waals surface area contributed by atoms with Crippen molar-refractivity contribution in [1.29, 1.82) is 0 Å². The Morgan fingerprint density at radius 3 is 2.75 bits per heavy atom. The molecule has 5 N–H and O–H groups in total. The van der Waals surface area contributed by atoms with Crippen LogP contribution in [-0.2, 0) is 0 Å². The number of phenolic OH excluding ortho intramolecular Hbond substituents is 1. The van der Waals surface area contributed by atoms with E-state index in [0.717, 1.165) is 5.56 Å². The first-order chi connectivity index (χ1) is 5.65. The van der Waals surface area contributed by atoms with Crippen molar-refractivity contribution in [3.8, 4) is 5.75 Å². The van der Waals surface area contributed by atoms with E-state index in [1.165, 1.54) is 0 Å². The summed E-state index contributed by atoms with van der Waals surface area (Å²) in [5, 5.41) is 9.43. The molecule has 66 valence electrons. The fourth-order valence-electron chi connectivity index (χ4n) is 1.09. The number of benzene rings is 1. The Morgan fingerprint density at radius 1 is 1.50 bits per heavy atom. The summed E-state index contributed by atoms with van der Waals surface area (Å²) in [6.45, 7) is 2.46. The molecule has 0 spiro atoms. The highest BCUT2D eigenvalue weighted by Gasteiger charge is 2.08. The molecular formula is C9H14N2O. The van der Waals surface area contributed by atoms with E-state index in [2.05, 4.69) is 0 Å². The zero-order valence-corrected chi connectivity index (χ0v) is 7.12. The fraction of sp³-hybridized carbons (Fsp3) is 0.333. The van der Waals surface area contributed by atoms with Crippen molar-refractivity contribution in [3.63, 3.8) is 0 Å². The van der Waals surface area contributed by atoms with Gasteiger partial charge in [0.1, 0.15) is 5.75 Å². The summed E-state index contributed by atoms with van der Waals surface area (Å²) in [7, 11) is 0. The van der Waals surface area contributed by atoms with Gasteiger partial charge in [0.2, 0.25) is 0 Å². The number of nitrogens with two attached hydrogens (primary N) is 2. The lowest BCUT2D eigenvalue weighted by atomic mass is 10.00. The molecule has 0 aliphatic rings. The SMILES string of the molecule is CC(CN)c1cc(N)ccc1O. The lowest BCUT2D eigenvalue weighted by molar-refractivity contribution is 0.463. The monoisotopic (exact) mass is 166 g/mol. The smallest absolute Gasteiger partial charge is 0.119 e. The highest BCUT2D eigenvalue weighted by molar-refractivity contribution is 5.48. The molecule has 0 aliphatic heterocycles. The molecule has 0 saturated carbocycles. The Hall–Kier alpha value is -1.22. The van der Waals surface area contributed by atoms with Gasteiger partial charge in [-0.3, -0.25) is 0 Å². The van der Waals surface area contributed by atoms with E-state index in [1.54, 1.807) is 18.2 Å². The van der Waals surface area contributed by atoms with Crippen LogP contribution in [0.25, 0.3) is 0 Å². The summed E-state index contributed by atoms with van der Waals surface area (Å²) in [6.07, 6.45) is 0. The minimum Gasteiger partial charge on any atom is -0.508 e. The van der Waals surface area contributed by atoms with Crippen LogP contribution in [0, 0.1) is 0 Å². The van der Waals surface area contributed by atoms with Crippen LogP contribution in [-0.4, -0.2) is 11.7 Å². The second-order valence-electron chi connectivity index (χ2n) is 2.96. The normalized spacial score (nSPS) is 12.8. The maximum absolute atomic E-state index is 9.43. The average molecular weight is 166 g/mol. The highest BCUT2D eigenvalue weighted by atomic mass is 16.3. The standard InChI is InChI=1S/C9H14N2O/c1-6(5-10)8-4-7(11)2-3-9(8)12/h2-4,6,12H,5,10-11H2,1H3. The Morgan fingerprint density at radius 2 is 2.17 bits per heavy atom. The minimum atomic E-state index is 0.147. The number of hydrogen-bond acceptors (Lipinski definition) is 3. The van der Waals surface area contributed by atoms with Gasteiger partial charge < -0.3 is 16.6 Å². The van der Waals surface area contributed by atoms with Gasteiger partial charge in [-0.05, 0) is 36.2 Å². The molecular weight excluding hydrogens is 152 g/mol. The van der Waals surface area contributed by atoms with E-state index in [9.17, 15) is 5.11 Å². The summed E-state index contributed by atoms with van der Waals surface area (Å²) >= 11 is 0. The molecule has 0 aromatic heterocycles. The first-order valence-corrected chi connectivity index (χ1v) is 3.93. The van der Waals surface area contributed by atoms with Crippen molar-refractivity contribution >= 4 is 5.69 Å². The van der Waals surface area contributed by atoms with Crippen molar-refractivity contribution < 1.29 is 5.11 Å². The summed E-state index contributed by atoms with van der Waals surface area (Å²) in [5.74, 6) is 0.413. The number of anilines is 1. The van der Waals surface area contributed by atoms with Crippen molar-refractivity contribution in [2.24, 2.45) is 5.73 Å². The van der Waals surface area contributed by atoms with Crippen LogP contribution in [0.1, 0.15) is 18.4 Å². The summed E-state index contributed by atoms with van der Waals surface area (Å²) in [5.41, 5.74) is 12.5. The lowest BCUT2D eigenvalue weighted by Gasteiger charge is -2.11. The van der Waals surface area contributed by atoms with Gasteiger partial charge in [-0.2, -0.15) is 0 Å². The molecule has 0 radical (unpaired) electrons. The minimum absolute atomic E-state index is 0.147. The first kappa shape index (κ1) is 8.87. The largest absolute Gasteiger partial charge is 0.508 e. The number of aromatic hydroxyl groups is 1. The van der Waals surface area contributed by atoms with Gasteiger partial charge in [0.05, 0.1) is 0 Å². The van der Waals surface area contributed by atoms with E-state index in [0.29, 0.717) is 12.2 Å². The highest BCUT2D eigenvalue weighted by Crippen LogP contribution is 2.26. The third-order valence-electron chi connectivity index (χ3n) is 1.94. The molecule has 3 nitrogen and oxygen atoms in total. The maximum Gasteiger partial charge on any atom is 0.119 e. The van der Waals surface area contributed by atoms with Gasteiger partial charge >= 0.3 is 0 Å². The van der Waals surface area contributed by atoms with Crippen molar-refractivity contribution in [2.45, 2.75) is 12.8 Å².